The summed E-state index contributed by atoms with van der Waals surface area (Å²) in [5.41, 5.74) is 0. The van der Waals surface area contributed by atoms with Crippen molar-refractivity contribution in [1.82, 2.24) is 10.2 Å². The van der Waals surface area contributed by atoms with Crippen molar-refractivity contribution in [2.75, 3.05) is 45.9 Å². The van der Waals surface area contributed by atoms with Gasteiger partial charge >= 0.3 is 0 Å². The number of rotatable bonds is 5. The lowest BCUT2D eigenvalue weighted by atomic mass is 10.4. The van der Waals surface area contributed by atoms with Gasteiger partial charge in [0.2, 0.25) is 0 Å². The van der Waals surface area contributed by atoms with Crippen molar-refractivity contribution >= 4 is 11.6 Å². The standard InChI is InChI=1S/C9H19ClN2O/c1-9(10)8-11-2-3-12-4-6-13-7-5-12/h9,11H,2-8H2,1H3. The van der Waals surface area contributed by atoms with E-state index in [0.717, 1.165) is 45.9 Å². The molecule has 1 atom stereocenters. The molecule has 0 radical (unpaired) electrons. The first-order chi connectivity index (χ1) is 6.29. The number of nitrogens with zero attached hydrogens (tertiary/aromatic N) is 1. The maximum absolute atomic E-state index is 5.80. The predicted octanol–water partition coefficient (Wildman–Crippen LogP) is 0.535. The van der Waals surface area contributed by atoms with Crippen molar-refractivity contribution in [1.29, 1.82) is 0 Å². The zero-order valence-electron chi connectivity index (χ0n) is 8.26. The van der Waals surface area contributed by atoms with Crippen molar-refractivity contribution < 1.29 is 4.74 Å². The van der Waals surface area contributed by atoms with Gasteiger partial charge in [-0.3, -0.25) is 4.90 Å². The number of hydrogen-bond acceptors (Lipinski definition) is 3. The number of halogens is 1. The van der Waals surface area contributed by atoms with E-state index in [1.165, 1.54) is 0 Å². The van der Waals surface area contributed by atoms with Gasteiger partial charge < -0.3 is 10.1 Å². The summed E-state index contributed by atoms with van der Waals surface area (Å²) in [5.74, 6) is 0. The van der Waals surface area contributed by atoms with Crippen LogP contribution >= 0.6 is 11.6 Å². The van der Waals surface area contributed by atoms with Gasteiger partial charge in [-0.05, 0) is 6.92 Å². The van der Waals surface area contributed by atoms with Gasteiger partial charge in [0.1, 0.15) is 0 Å². The fraction of sp³-hybridized carbons (Fsp3) is 1.00. The minimum absolute atomic E-state index is 0.227. The molecule has 1 fully saturated rings. The van der Waals surface area contributed by atoms with Crippen LogP contribution in [0, 0.1) is 0 Å². The molecule has 1 aliphatic rings. The number of morpholine rings is 1. The third-order valence-corrected chi connectivity index (χ3v) is 2.29. The average Bonchev–Trinajstić information content (AvgIpc) is 2.14. The van der Waals surface area contributed by atoms with E-state index in [4.69, 9.17) is 16.3 Å². The van der Waals surface area contributed by atoms with E-state index < -0.39 is 0 Å². The Morgan fingerprint density at radius 2 is 2.15 bits per heavy atom. The Kier molecular flexibility index (Phi) is 5.71. The van der Waals surface area contributed by atoms with Gasteiger partial charge in [0.25, 0.3) is 0 Å². The molecule has 1 aliphatic heterocycles. The van der Waals surface area contributed by atoms with Crippen LogP contribution in [0.1, 0.15) is 6.92 Å². The molecule has 0 aromatic rings. The molecule has 0 spiro atoms. The molecular weight excluding hydrogens is 188 g/mol. The summed E-state index contributed by atoms with van der Waals surface area (Å²) < 4.78 is 5.26. The molecule has 1 unspecified atom stereocenters. The minimum atomic E-state index is 0.227. The quantitative estimate of drug-likeness (QED) is 0.525. The minimum Gasteiger partial charge on any atom is -0.379 e. The zero-order valence-corrected chi connectivity index (χ0v) is 9.02. The Morgan fingerprint density at radius 3 is 2.77 bits per heavy atom. The summed E-state index contributed by atoms with van der Waals surface area (Å²) in [7, 11) is 0. The van der Waals surface area contributed by atoms with Gasteiger partial charge in [0, 0.05) is 38.1 Å². The Morgan fingerprint density at radius 1 is 1.46 bits per heavy atom. The lowest BCUT2D eigenvalue weighted by molar-refractivity contribution is 0.0385. The Hall–Kier alpha value is 0.170. The van der Waals surface area contributed by atoms with Crippen LogP contribution in [0.4, 0.5) is 0 Å². The molecule has 1 saturated heterocycles. The SMILES string of the molecule is CC(Cl)CNCCN1CCOCC1. The first-order valence-electron chi connectivity index (χ1n) is 4.94. The highest BCUT2D eigenvalue weighted by Crippen LogP contribution is 1.95. The zero-order chi connectivity index (χ0) is 9.52. The predicted molar refractivity (Wildman–Crippen MR) is 55.4 cm³/mol. The second-order valence-corrected chi connectivity index (χ2v) is 4.18. The molecule has 1 N–H and O–H groups in total. The second kappa shape index (κ2) is 6.60. The lowest BCUT2D eigenvalue weighted by Crippen LogP contribution is -2.40. The lowest BCUT2D eigenvalue weighted by Gasteiger charge is -2.26. The van der Waals surface area contributed by atoms with Gasteiger partial charge in [-0.15, -0.1) is 11.6 Å². The van der Waals surface area contributed by atoms with Crippen molar-refractivity contribution in [2.24, 2.45) is 0 Å². The number of nitrogens with one attached hydrogen (secondary N) is 1. The number of hydrogen-bond donors (Lipinski definition) is 1. The molecular formula is C9H19ClN2O. The van der Waals surface area contributed by atoms with Crippen LogP contribution in [0.15, 0.2) is 0 Å². The maximum Gasteiger partial charge on any atom is 0.0594 e. The van der Waals surface area contributed by atoms with E-state index in [1.54, 1.807) is 0 Å². The van der Waals surface area contributed by atoms with Gasteiger partial charge in [0.05, 0.1) is 13.2 Å². The summed E-state index contributed by atoms with van der Waals surface area (Å²) in [6.07, 6.45) is 0. The summed E-state index contributed by atoms with van der Waals surface area (Å²) in [4.78, 5) is 2.41. The van der Waals surface area contributed by atoms with Crippen molar-refractivity contribution in [3.8, 4) is 0 Å². The van der Waals surface area contributed by atoms with E-state index in [9.17, 15) is 0 Å². The summed E-state index contributed by atoms with van der Waals surface area (Å²) >= 11 is 5.80. The monoisotopic (exact) mass is 206 g/mol. The molecule has 0 amide bonds. The van der Waals surface area contributed by atoms with Crippen molar-refractivity contribution in [2.45, 2.75) is 12.3 Å². The topological polar surface area (TPSA) is 24.5 Å². The van der Waals surface area contributed by atoms with E-state index in [2.05, 4.69) is 10.2 Å². The largest absolute Gasteiger partial charge is 0.379 e. The average molecular weight is 207 g/mol. The summed E-state index contributed by atoms with van der Waals surface area (Å²) in [6, 6.07) is 0. The molecule has 3 nitrogen and oxygen atoms in total. The first kappa shape index (κ1) is 11.2. The van der Waals surface area contributed by atoms with Gasteiger partial charge in [-0.1, -0.05) is 0 Å². The van der Waals surface area contributed by atoms with Gasteiger partial charge in [-0.2, -0.15) is 0 Å². The van der Waals surface area contributed by atoms with E-state index in [1.807, 2.05) is 6.92 Å². The van der Waals surface area contributed by atoms with Crippen molar-refractivity contribution in [3.63, 3.8) is 0 Å². The molecule has 1 rings (SSSR count). The third-order valence-electron chi connectivity index (χ3n) is 2.13. The van der Waals surface area contributed by atoms with Crippen LogP contribution in [0.3, 0.4) is 0 Å². The summed E-state index contributed by atoms with van der Waals surface area (Å²) in [6.45, 7) is 8.92. The van der Waals surface area contributed by atoms with E-state index in [0.29, 0.717) is 0 Å². The highest BCUT2D eigenvalue weighted by atomic mass is 35.5. The number of alkyl halides is 1. The van der Waals surface area contributed by atoms with Crippen LogP contribution in [0.2, 0.25) is 0 Å². The molecule has 0 bridgehead atoms. The maximum atomic E-state index is 5.80. The molecule has 1 heterocycles. The first-order valence-corrected chi connectivity index (χ1v) is 5.37. The van der Waals surface area contributed by atoms with Crippen LogP contribution in [-0.2, 0) is 4.74 Å². The molecule has 0 aliphatic carbocycles. The molecule has 78 valence electrons. The molecule has 0 saturated carbocycles. The fourth-order valence-corrected chi connectivity index (χ4v) is 1.47. The van der Waals surface area contributed by atoms with Crippen LogP contribution in [0.5, 0.6) is 0 Å². The molecule has 13 heavy (non-hydrogen) atoms. The third kappa shape index (κ3) is 5.47. The second-order valence-electron chi connectivity index (χ2n) is 3.44. The molecule has 0 aromatic heterocycles. The van der Waals surface area contributed by atoms with E-state index in [-0.39, 0.29) is 5.38 Å². The summed E-state index contributed by atoms with van der Waals surface area (Å²) in [5, 5.41) is 3.54. The molecule has 4 heteroatoms. The van der Waals surface area contributed by atoms with Crippen molar-refractivity contribution in [3.05, 3.63) is 0 Å². The Balaban J connectivity index is 1.92. The van der Waals surface area contributed by atoms with Crippen LogP contribution < -0.4 is 5.32 Å². The fourth-order valence-electron chi connectivity index (χ4n) is 1.36. The normalized spacial score (nSPS) is 21.7. The van der Waals surface area contributed by atoms with Gasteiger partial charge in [0.15, 0.2) is 0 Å². The molecule has 0 aromatic carbocycles. The smallest absolute Gasteiger partial charge is 0.0594 e. The van der Waals surface area contributed by atoms with Crippen LogP contribution in [0.25, 0.3) is 0 Å². The van der Waals surface area contributed by atoms with Crippen LogP contribution in [-0.4, -0.2) is 56.2 Å². The Bertz CT molecular complexity index is 127. The van der Waals surface area contributed by atoms with Gasteiger partial charge in [-0.25, -0.2) is 0 Å². The highest BCUT2D eigenvalue weighted by molar-refractivity contribution is 6.20. The number of ether oxygens (including phenoxy) is 1. The Labute approximate surface area is 85.4 Å². The van der Waals surface area contributed by atoms with E-state index >= 15 is 0 Å². The highest BCUT2D eigenvalue weighted by Gasteiger charge is 2.08.